The minimum Gasteiger partial charge on any atom is -0.493 e. The first-order valence-corrected chi connectivity index (χ1v) is 9.21. The van der Waals surface area contributed by atoms with Crippen LogP contribution in [0.15, 0.2) is 49.1 Å². The van der Waals surface area contributed by atoms with Crippen molar-refractivity contribution in [1.29, 1.82) is 0 Å². The Labute approximate surface area is 169 Å². The number of halogens is 3. The Morgan fingerprint density at radius 2 is 1.79 bits per heavy atom. The van der Waals surface area contributed by atoms with Crippen molar-refractivity contribution in [1.82, 2.24) is 5.32 Å². The summed E-state index contributed by atoms with van der Waals surface area (Å²) in [5.41, 5.74) is 1.76. The van der Waals surface area contributed by atoms with E-state index in [-0.39, 0.29) is 6.54 Å². The molecule has 2 rings (SSSR count). The molecular formula is C22H26F3NO3. The number of rotatable bonds is 10. The second kappa shape index (κ2) is 10.3. The number of benzene rings is 2. The van der Waals surface area contributed by atoms with Gasteiger partial charge in [-0.15, -0.1) is 6.58 Å². The number of hydrogen-bond donors (Lipinski definition) is 2. The van der Waals surface area contributed by atoms with Crippen molar-refractivity contribution in [3.8, 4) is 11.5 Å². The van der Waals surface area contributed by atoms with Gasteiger partial charge in [-0.3, -0.25) is 0 Å². The smallest absolute Gasteiger partial charge is 0.416 e. The van der Waals surface area contributed by atoms with Crippen molar-refractivity contribution in [3.05, 3.63) is 71.3 Å². The van der Waals surface area contributed by atoms with E-state index in [9.17, 15) is 18.3 Å². The molecule has 2 aromatic carbocycles. The summed E-state index contributed by atoms with van der Waals surface area (Å²) in [6.45, 7) is 4.60. The van der Waals surface area contributed by atoms with Crippen LogP contribution >= 0.6 is 0 Å². The van der Waals surface area contributed by atoms with Crippen molar-refractivity contribution in [2.24, 2.45) is 0 Å². The Morgan fingerprint density at radius 1 is 1.10 bits per heavy atom. The van der Waals surface area contributed by atoms with E-state index in [1.165, 1.54) is 12.1 Å². The van der Waals surface area contributed by atoms with E-state index in [4.69, 9.17) is 9.47 Å². The zero-order valence-electron chi connectivity index (χ0n) is 16.6. The van der Waals surface area contributed by atoms with Crippen LogP contribution in [-0.2, 0) is 19.0 Å². The lowest BCUT2D eigenvalue weighted by Gasteiger charge is -2.17. The number of nitrogens with one attached hydrogen (secondary N) is 1. The quantitative estimate of drug-likeness (QED) is 0.453. The fourth-order valence-corrected chi connectivity index (χ4v) is 3.11. The molecule has 0 heterocycles. The summed E-state index contributed by atoms with van der Waals surface area (Å²) in [6.07, 6.45) is -2.17. The molecule has 0 saturated carbocycles. The van der Waals surface area contributed by atoms with Crippen LogP contribution in [0.5, 0.6) is 11.5 Å². The van der Waals surface area contributed by atoms with Gasteiger partial charge in [-0.25, -0.2) is 0 Å². The Bertz CT molecular complexity index is 804. The molecule has 29 heavy (non-hydrogen) atoms. The number of methoxy groups -OCH3 is 2. The Kier molecular flexibility index (Phi) is 8.10. The van der Waals surface area contributed by atoms with Crippen LogP contribution < -0.4 is 14.8 Å². The van der Waals surface area contributed by atoms with Crippen molar-refractivity contribution in [2.45, 2.75) is 25.1 Å². The van der Waals surface area contributed by atoms with E-state index in [1.54, 1.807) is 20.3 Å². The standard InChI is InChI=1S/C22H26F3NO3/c1-4-5-18-15(8-11-20(28-2)21(18)29-3)12-13-26-14-19(27)16-6-9-17(10-7-16)22(23,24)25/h4,6-11,19,26-27H,1,5,12-14H2,2-3H3. The van der Waals surface area contributed by atoms with Crippen LogP contribution in [0.25, 0.3) is 0 Å². The van der Waals surface area contributed by atoms with Gasteiger partial charge in [0, 0.05) is 12.1 Å². The molecule has 0 aliphatic carbocycles. The highest BCUT2D eigenvalue weighted by Gasteiger charge is 2.30. The SMILES string of the molecule is C=CCc1c(CCNCC(O)c2ccc(C(F)(F)F)cc2)ccc(OC)c1OC. The second-order valence-electron chi connectivity index (χ2n) is 6.52. The summed E-state index contributed by atoms with van der Waals surface area (Å²) in [5, 5.41) is 13.3. The third kappa shape index (κ3) is 5.98. The highest BCUT2D eigenvalue weighted by atomic mass is 19.4. The molecule has 0 spiro atoms. The first kappa shape index (κ1) is 22.8. The topological polar surface area (TPSA) is 50.7 Å². The van der Waals surface area contributed by atoms with Crippen molar-refractivity contribution in [3.63, 3.8) is 0 Å². The van der Waals surface area contributed by atoms with Gasteiger partial charge in [0.2, 0.25) is 0 Å². The monoisotopic (exact) mass is 409 g/mol. The minimum absolute atomic E-state index is 0.232. The van der Waals surface area contributed by atoms with Gasteiger partial charge in [0.05, 0.1) is 25.9 Å². The summed E-state index contributed by atoms with van der Waals surface area (Å²) in [4.78, 5) is 0. The minimum atomic E-state index is -4.38. The van der Waals surface area contributed by atoms with E-state index >= 15 is 0 Å². The maximum Gasteiger partial charge on any atom is 0.416 e. The molecule has 0 fully saturated rings. The number of aliphatic hydroxyl groups is 1. The van der Waals surface area contributed by atoms with Crippen molar-refractivity contribution < 1.29 is 27.8 Å². The number of alkyl halides is 3. The fourth-order valence-electron chi connectivity index (χ4n) is 3.11. The first-order chi connectivity index (χ1) is 13.8. The van der Waals surface area contributed by atoms with Crippen molar-refractivity contribution >= 4 is 0 Å². The Balaban J connectivity index is 1.95. The van der Waals surface area contributed by atoms with Crippen LogP contribution in [0, 0.1) is 0 Å². The van der Waals surface area contributed by atoms with Crippen LogP contribution in [0.1, 0.15) is 28.4 Å². The number of ether oxygens (including phenoxy) is 2. The third-order valence-electron chi connectivity index (χ3n) is 4.63. The molecule has 0 radical (unpaired) electrons. The summed E-state index contributed by atoms with van der Waals surface area (Å²) < 4.78 is 48.7. The Morgan fingerprint density at radius 3 is 2.34 bits per heavy atom. The maximum atomic E-state index is 12.6. The van der Waals surface area contributed by atoms with E-state index in [0.717, 1.165) is 23.3 Å². The van der Waals surface area contributed by atoms with Gasteiger partial charge in [0.1, 0.15) is 0 Å². The van der Waals surface area contributed by atoms with Gasteiger partial charge in [-0.2, -0.15) is 13.2 Å². The molecule has 1 atom stereocenters. The molecule has 0 aliphatic rings. The lowest BCUT2D eigenvalue weighted by Crippen LogP contribution is -2.24. The zero-order chi connectivity index (χ0) is 21.4. The molecule has 158 valence electrons. The van der Waals surface area contributed by atoms with Gasteiger partial charge in [0.25, 0.3) is 0 Å². The average molecular weight is 409 g/mol. The number of aliphatic hydroxyl groups excluding tert-OH is 1. The fraction of sp³-hybridized carbons (Fsp3) is 0.364. The lowest BCUT2D eigenvalue weighted by atomic mass is 9.99. The zero-order valence-corrected chi connectivity index (χ0v) is 16.6. The first-order valence-electron chi connectivity index (χ1n) is 9.21. The molecule has 7 heteroatoms. The molecule has 2 aromatic rings. The van der Waals surface area contributed by atoms with Crippen molar-refractivity contribution in [2.75, 3.05) is 27.3 Å². The van der Waals surface area contributed by atoms with Crippen LogP contribution in [0.3, 0.4) is 0 Å². The van der Waals surface area contributed by atoms with E-state index in [1.807, 2.05) is 12.1 Å². The molecule has 0 saturated heterocycles. The number of allylic oxidation sites excluding steroid dienone is 1. The normalized spacial score (nSPS) is 12.5. The largest absolute Gasteiger partial charge is 0.493 e. The Hall–Kier alpha value is -2.51. The number of hydrogen-bond acceptors (Lipinski definition) is 4. The summed E-state index contributed by atoms with van der Waals surface area (Å²) in [6, 6.07) is 8.36. The highest BCUT2D eigenvalue weighted by Crippen LogP contribution is 2.34. The molecule has 2 N–H and O–H groups in total. The van der Waals surface area contributed by atoms with Gasteiger partial charge >= 0.3 is 6.18 Å². The lowest BCUT2D eigenvalue weighted by molar-refractivity contribution is -0.137. The molecular weight excluding hydrogens is 383 g/mol. The molecule has 0 aromatic heterocycles. The van der Waals surface area contributed by atoms with Crippen LogP contribution in [0.2, 0.25) is 0 Å². The predicted octanol–water partition coefficient (Wildman–Crippen LogP) is 4.32. The van der Waals surface area contributed by atoms with Crippen LogP contribution in [-0.4, -0.2) is 32.4 Å². The van der Waals surface area contributed by atoms with Gasteiger partial charge < -0.3 is 19.9 Å². The average Bonchev–Trinajstić information content (AvgIpc) is 2.71. The summed E-state index contributed by atoms with van der Waals surface area (Å²) in [5.74, 6) is 1.33. The summed E-state index contributed by atoms with van der Waals surface area (Å²) >= 11 is 0. The molecule has 4 nitrogen and oxygen atoms in total. The third-order valence-corrected chi connectivity index (χ3v) is 4.63. The molecule has 0 amide bonds. The van der Waals surface area contributed by atoms with E-state index < -0.39 is 17.8 Å². The molecule has 0 aliphatic heterocycles. The van der Waals surface area contributed by atoms with E-state index in [0.29, 0.717) is 36.4 Å². The van der Waals surface area contributed by atoms with Gasteiger partial charge in [0.15, 0.2) is 11.5 Å². The maximum absolute atomic E-state index is 12.6. The molecule has 0 bridgehead atoms. The van der Waals surface area contributed by atoms with E-state index in [2.05, 4.69) is 11.9 Å². The highest BCUT2D eigenvalue weighted by molar-refractivity contribution is 5.51. The van der Waals surface area contributed by atoms with Gasteiger partial charge in [-0.05, 0) is 48.7 Å². The summed E-state index contributed by atoms with van der Waals surface area (Å²) in [7, 11) is 3.17. The second-order valence-corrected chi connectivity index (χ2v) is 6.52. The molecule has 1 unspecified atom stereocenters. The predicted molar refractivity (Wildman–Crippen MR) is 106 cm³/mol. The van der Waals surface area contributed by atoms with Crippen LogP contribution in [0.4, 0.5) is 13.2 Å². The van der Waals surface area contributed by atoms with Gasteiger partial charge in [-0.1, -0.05) is 24.3 Å².